The molecule has 9 heteroatoms. The maximum absolute atomic E-state index is 13.9. The van der Waals surface area contributed by atoms with Crippen molar-refractivity contribution in [3.05, 3.63) is 75.9 Å². The van der Waals surface area contributed by atoms with Crippen LogP contribution in [0, 0.1) is 12.7 Å². The quantitative estimate of drug-likeness (QED) is 0.285. The third kappa shape index (κ3) is 5.32. The number of halogens is 3. The second-order valence-electron chi connectivity index (χ2n) is 8.06. The molecule has 6 nitrogen and oxygen atoms in total. The first kappa shape index (κ1) is 24.4. The molecule has 0 saturated heterocycles. The van der Waals surface area contributed by atoms with Crippen molar-refractivity contribution in [1.82, 2.24) is 24.6 Å². The number of likely N-dealkylation sites (N-methyl/N-ethyl adjacent to an activating group) is 1. The summed E-state index contributed by atoms with van der Waals surface area (Å²) in [6, 6.07) is 12.0. The van der Waals surface area contributed by atoms with E-state index in [9.17, 15) is 4.39 Å². The summed E-state index contributed by atoms with van der Waals surface area (Å²) in [5.74, 6) is 1.07. The molecule has 0 aliphatic heterocycles. The van der Waals surface area contributed by atoms with Crippen molar-refractivity contribution in [2.75, 3.05) is 31.1 Å². The predicted octanol–water partition coefficient (Wildman–Crippen LogP) is 5.92. The molecule has 0 amide bonds. The molecule has 2 aromatic carbocycles. The van der Waals surface area contributed by atoms with Crippen molar-refractivity contribution in [3.63, 3.8) is 0 Å². The van der Waals surface area contributed by atoms with Crippen molar-refractivity contribution >= 4 is 40.1 Å². The molecule has 34 heavy (non-hydrogen) atoms. The number of hydrogen-bond donors (Lipinski definition) is 0. The molecule has 0 fully saturated rings. The number of benzene rings is 2. The number of aromatic nitrogens is 4. The molecule has 178 valence electrons. The Bertz CT molecular complexity index is 1290. The van der Waals surface area contributed by atoms with Gasteiger partial charge in [-0.05, 0) is 55.9 Å². The Hall–Kier alpha value is -2.74. The van der Waals surface area contributed by atoms with Gasteiger partial charge in [0.05, 0.1) is 27.3 Å². The van der Waals surface area contributed by atoms with Crippen LogP contribution in [0.1, 0.15) is 25.2 Å². The number of rotatable bonds is 9. The topological polar surface area (TPSA) is 50.1 Å². The van der Waals surface area contributed by atoms with Gasteiger partial charge in [-0.2, -0.15) is 5.10 Å². The summed E-state index contributed by atoms with van der Waals surface area (Å²) in [5, 5.41) is 6.37. The fourth-order valence-electron chi connectivity index (χ4n) is 3.96. The van der Waals surface area contributed by atoms with Gasteiger partial charge in [0.25, 0.3) is 0 Å². The first-order valence-electron chi connectivity index (χ1n) is 11.3. The molecular weight excluding hydrogens is 474 g/mol. The van der Waals surface area contributed by atoms with Crippen molar-refractivity contribution in [2.45, 2.75) is 27.3 Å². The molecule has 4 aromatic rings. The van der Waals surface area contributed by atoms with Gasteiger partial charge in [0.2, 0.25) is 0 Å². The Morgan fingerprint density at radius 3 is 2.47 bits per heavy atom. The minimum absolute atomic E-state index is 0.326. The first-order chi connectivity index (χ1) is 16.4. The summed E-state index contributed by atoms with van der Waals surface area (Å²) < 4.78 is 15.5. The summed E-state index contributed by atoms with van der Waals surface area (Å²) in [5.41, 5.74) is 2.27. The summed E-state index contributed by atoms with van der Waals surface area (Å²) in [6.07, 6.45) is 1.74. The van der Waals surface area contributed by atoms with Crippen LogP contribution in [0.5, 0.6) is 0 Å². The van der Waals surface area contributed by atoms with Gasteiger partial charge in [0.1, 0.15) is 17.5 Å². The monoisotopic (exact) mass is 500 g/mol. The molecule has 0 spiro atoms. The summed E-state index contributed by atoms with van der Waals surface area (Å²) >= 11 is 12.4. The molecule has 0 saturated carbocycles. The zero-order chi connectivity index (χ0) is 24.2. The van der Waals surface area contributed by atoms with E-state index in [2.05, 4.69) is 33.7 Å². The number of fused-ring (bicyclic) bond motifs is 1. The fourth-order valence-corrected chi connectivity index (χ4v) is 4.28. The maximum Gasteiger partial charge on any atom is 0.168 e. The SMILES string of the molecule is CCN(CC)CCN(Cc1ccc(Cl)c(Cl)c1)c1nc(C)nc2c1cnn2-c1cccc(F)c1. The summed E-state index contributed by atoms with van der Waals surface area (Å²) in [7, 11) is 0. The highest BCUT2D eigenvalue weighted by molar-refractivity contribution is 6.42. The molecule has 0 aliphatic carbocycles. The molecular formula is C25H27Cl2FN6. The van der Waals surface area contributed by atoms with Crippen molar-refractivity contribution in [1.29, 1.82) is 0 Å². The Kier molecular flexibility index (Phi) is 7.66. The molecule has 2 aromatic heterocycles. The van der Waals surface area contributed by atoms with E-state index in [4.69, 9.17) is 28.2 Å². The third-order valence-corrected chi connectivity index (χ3v) is 6.55. The van der Waals surface area contributed by atoms with Gasteiger partial charge >= 0.3 is 0 Å². The molecule has 0 atom stereocenters. The second kappa shape index (κ2) is 10.7. The van der Waals surface area contributed by atoms with E-state index in [1.54, 1.807) is 23.0 Å². The zero-order valence-electron chi connectivity index (χ0n) is 19.5. The number of aryl methyl sites for hydroxylation is 1. The first-order valence-corrected chi connectivity index (χ1v) is 12.0. The molecule has 2 heterocycles. The smallest absolute Gasteiger partial charge is 0.168 e. The van der Waals surface area contributed by atoms with Crippen molar-refractivity contribution < 1.29 is 4.39 Å². The minimum atomic E-state index is -0.326. The van der Waals surface area contributed by atoms with Crippen molar-refractivity contribution in [3.8, 4) is 5.69 Å². The van der Waals surface area contributed by atoms with E-state index in [0.29, 0.717) is 33.7 Å². The van der Waals surface area contributed by atoms with Crippen LogP contribution in [0.15, 0.2) is 48.7 Å². The molecule has 0 radical (unpaired) electrons. The van der Waals surface area contributed by atoms with E-state index in [-0.39, 0.29) is 5.82 Å². The third-order valence-electron chi connectivity index (χ3n) is 5.81. The molecule has 4 rings (SSSR count). The van der Waals surface area contributed by atoms with Crippen LogP contribution in [-0.2, 0) is 6.54 Å². The van der Waals surface area contributed by atoms with Gasteiger partial charge in [-0.15, -0.1) is 0 Å². The zero-order valence-corrected chi connectivity index (χ0v) is 21.0. The van der Waals surface area contributed by atoms with Crippen molar-refractivity contribution in [2.24, 2.45) is 0 Å². The van der Waals surface area contributed by atoms with Crippen LogP contribution >= 0.6 is 23.2 Å². The predicted molar refractivity (Wildman–Crippen MR) is 137 cm³/mol. The van der Waals surface area contributed by atoms with E-state index >= 15 is 0 Å². The van der Waals surface area contributed by atoms with Gasteiger partial charge in [-0.1, -0.05) is 49.2 Å². The lowest BCUT2D eigenvalue weighted by Gasteiger charge is -2.28. The minimum Gasteiger partial charge on any atom is -0.350 e. The van der Waals surface area contributed by atoms with Crippen LogP contribution in [0.3, 0.4) is 0 Å². The Balaban J connectivity index is 1.78. The standard InChI is InChI=1S/C25H27Cl2FN6/c1-4-32(5-2)11-12-33(16-18-9-10-22(26)23(27)13-18)24-21-15-29-34(25(21)31-17(3)30-24)20-8-6-7-19(28)14-20/h6-10,13-15H,4-5,11-12,16H2,1-3H3. The van der Waals surface area contributed by atoms with Crippen LogP contribution in [0.4, 0.5) is 10.2 Å². The highest BCUT2D eigenvalue weighted by atomic mass is 35.5. The highest BCUT2D eigenvalue weighted by Crippen LogP contribution is 2.29. The van der Waals surface area contributed by atoms with Crippen LogP contribution in [-0.4, -0.2) is 50.8 Å². The molecule has 0 aliphatic rings. The molecule has 0 bridgehead atoms. The number of hydrogen-bond acceptors (Lipinski definition) is 5. The Labute approximate surface area is 208 Å². The number of nitrogens with zero attached hydrogens (tertiary/aromatic N) is 6. The lowest BCUT2D eigenvalue weighted by molar-refractivity contribution is 0.309. The van der Waals surface area contributed by atoms with Gasteiger partial charge in [-0.25, -0.2) is 19.0 Å². The fraction of sp³-hybridized carbons (Fsp3) is 0.320. The van der Waals surface area contributed by atoms with E-state index in [0.717, 1.165) is 42.9 Å². The average molecular weight is 501 g/mol. The van der Waals surface area contributed by atoms with Crippen LogP contribution in [0.2, 0.25) is 10.0 Å². The van der Waals surface area contributed by atoms with Crippen LogP contribution in [0.25, 0.3) is 16.7 Å². The van der Waals surface area contributed by atoms with E-state index < -0.39 is 0 Å². The second-order valence-corrected chi connectivity index (χ2v) is 8.88. The van der Waals surface area contributed by atoms with Gasteiger partial charge < -0.3 is 9.80 Å². The Morgan fingerprint density at radius 1 is 0.971 bits per heavy atom. The van der Waals surface area contributed by atoms with Gasteiger partial charge in [0, 0.05) is 19.6 Å². The van der Waals surface area contributed by atoms with Gasteiger partial charge in [0.15, 0.2) is 5.65 Å². The van der Waals surface area contributed by atoms with E-state index in [1.165, 1.54) is 12.1 Å². The van der Waals surface area contributed by atoms with E-state index in [1.807, 2.05) is 25.1 Å². The maximum atomic E-state index is 13.9. The summed E-state index contributed by atoms with van der Waals surface area (Å²) in [6.45, 7) is 10.3. The largest absolute Gasteiger partial charge is 0.350 e. The molecule has 0 unspecified atom stereocenters. The van der Waals surface area contributed by atoms with Crippen LogP contribution < -0.4 is 4.90 Å². The Morgan fingerprint density at radius 2 is 1.76 bits per heavy atom. The van der Waals surface area contributed by atoms with Gasteiger partial charge in [-0.3, -0.25) is 0 Å². The summed E-state index contributed by atoms with van der Waals surface area (Å²) in [4.78, 5) is 14.0. The number of anilines is 1. The molecule has 0 N–H and O–H groups in total. The lowest BCUT2D eigenvalue weighted by atomic mass is 10.2. The lowest BCUT2D eigenvalue weighted by Crippen LogP contribution is -2.35. The highest BCUT2D eigenvalue weighted by Gasteiger charge is 2.19. The average Bonchev–Trinajstić information content (AvgIpc) is 3.24. The normalized spacial score (nSPS) is 11.5.